The molecule has 1 rings (SSSR count). The maximum absolute atomic E-state index is 11.4. The van der Waals surface area contributed by atoms with E-state index in [1.54, 1.807) is 7.05 Å². The van der Waals surface area contributed by atoms with Gasteiger partial charge in [-0.3, -0.25) is 9.69 Å². The van der Waals surface area contributed by atoms with Crippen molar-refractivity contribution in [3.63, 3.8) is 0 Å². The van der Waals surface area contributed by atoms with Crippen molar-refractivity contribution in [1.29, 1.82) is 0 Å². The molecule has 1 aliphatic heterocycles. The summed E-state index contributed by atoms with van der Waals surface area (Å²) in [6.45, 7) is 7.03. The largest absolute Gasteiger partial charge is 0.358 e. The quantitative estimate of drug-likeness (QED) is 0.747. The van der Waals surface area contributed by atoms with Crippen LogP contribution in [-0.4, -0.2) is 50.6 Å². The van der Waals surface area contributed by atoms with Crippen molar-refractivity contribution in [2.45, 2.75) is 26.2 Å². The van der Waals surface area contributed by atoms with Crippen molar-refractivity contribution in [3.05, 3.63) is 0 Å². The molecule has 5 heteroatoms. The predicted octanol–water partition coefficient (Wildman–Crippen LogP) is 0.866. The summed E-state index contributed by atoms with van der Waals surface area (Å²) in [6, 6.07) is 0. The topological polar surface area (TPSA) is 44.4 Å². The van der Waals surface area contributed by atoms with E-state index in [1.807, 2.05) is 0 Å². The average Bonchev–Trinajstić information content (AvgIpc) is 2.30. The summed E-state index contributed by atoms with van der Waals surface area (Å²) in [5.41, 5.74) is 0. The van der Waals surface area contributed by atoms with Gasteiger partial charge in [-0.1, -0.05) is 6.92 Å². The number of carbonyl (C=O) groups is 1. The van der Waals surface area contributed by atoms with Crippen LogP contribution in [-0.2, 0) is 4.79 Å². The highest BCUT2D eigenvalue weighted by molar-refractivity contribution is 5.85. The molecule has 0 aromatic rings. The number of halogens is 1. The Morgan fingerprint density at radius 1 is 1.53 bits per heavy atom. The van der Waals surface area contributed by atoms with Crippen LogP contribution in [0.15, 0.2) is 0 Å². The lowest BCUT2D eigenvalue weighted by Gasteiger charge is -2.29. The summed E-state index contributed by atoms with van der Waals surface area (Å²) in [5.74, 6) is 0.835. The second-order valence-electron chi connectivity index (χ2n) is 4.62. The molecule has 1 heterocycles. The summed E-state index contributed by atoms with van der Waals surface area (Å²) < 4.78 is 0. The molecule has 1 aliphatic rings. The monoisotopic (exact) mass is 263 g/mol. The van der Waals surface area contributed by atoms with Crippen LogP contribution in [0.2, 0.25) is 0 Å². The molecular formula is C12H26ClN3O. The first-order chi connectivity index (χ1) is 7.76. The van der Waals surface area contributed by atoms with Gasteiger partial charge in [-0.15, -0.1) is 12.4 Å². The molecular weight excluding hydrogens is 238 g/mol. The van der Waals surface area contributed by atoms with Crippen molar-refractivity contribution in [2.24, 2.45) is 5.92 Å². The lowest BCUT2D eigenvalue weighted by Crippen LogP contribution is -2.42. The standard InChI is InChI=1S/C12H25N3O.ClH/c1-3-7-15(10-12(16)13-2)9-11-5-4-6-14-8-11;/h11,14H,3-10H2,1-2H3,(H,13,16);1H. The molecule has 0 radical (unpaired) electrons. The van der Waals surface area contributed by atoms with E-state index >= 15 is 0 Å². The smallest absolute Gasteiger partial charge is 0.233 e. The molecule has 4 nitrogen and oxygen atoms in total. The zero-order valence-electron chi connectivity index (χ0n) is 11.0. The van der Waals surface area contributed by atoms with Crippen LogP contribution in [0.1, 0.15) is 26.2 Å². The van der Waals surface area contributed by atoms with Gasteiger partial charge in [0, 0.05) is 13.6 Å². The summed E-state index contributed by atoms with van der Waals surface area (Å²) in [4.78, 5) is 13.6. The predicted molar refractivity (Wildman–Crippen MR) is 73.6 cm³/mol. The Hall–Kier alpha value is -0.320. The van der Waals surface area contributed by atoms with E-state index < -0.39 is 0 Å². The van der Waals surface area contributed by atoms with Gasteiger partial charge in [0.1, 0.15) is 0 Å². The maximum atomic E-state index is 11.4. The molecule has 2 N–H and O–H groups in total. The lowest BCUT2D eigenvalue weighted by molar-refractivity contribution is -0.121. The lowest BCUT2D eigenvalue weighted by atomic mass is 9.99. The third-order valence-electron chi connectivity index (χ3n) is 3.10. The number of hydrogen-bond acceptors (Lipinski definition) is 3. The Balaban J connectivity index is 0.00000256. The number of hydrogen-bond donors (Lipinski definition) is 2. The van der Waals surface area contributed by atoms with Crippen molar-refractivity contribution < 1.29 is 4.79 Å². The van der Waals surface area contributed by atoms with Crippen LogP contribution in [0.5, 0.6) is 0 Å². The maximum Gasteiger partial charge on any atom is 0.233 e. The highest BCUT2D eigenvalue weighted by atomic mass is 35.5. The summed E-state index contributed by atoms with van der Waals surface area (Å²) in [6.07, 6.45) is 3.67. The number of nitrogens with one attached hydrogen (secondary N) is 2. The normalized spacial score (nSPS) is 19.8. The summed E-state index contributed by atoms with van der Waals surface area (Å²) in [5, 5.41) is 6.12. The minimum absolute atomic E-state index is 0. The fourth-order valence-electron chi connectivity index (χ4n) is 2.28. The van der Waals surface area contributed by atoms with Gasteiger partial charge in [0.25, 0.3) is 0 Å². The minimum Gasteiger partial charge on any atom is -0.358 e. The first-order valence-corrected chi connectivity index (χ1v) is 6.40. The van der Waals surface area contributed by atoms with Crippen LogP contribution in [0.4, 0.5) is 0 Å². The van der Waals surface area contributed by atoms with Crippen LogP contribution >= 0.6 is 12.4 Å². The summed E-state index contributed by atoms with van der Waals surface area (Å²) in [7, 11) is 1.70. The van der Waals surface area contributed by atoms with Crippen LogP contribution in [0, 0.1) is 5.92 Å². The molecule has 0 aromatic carbocycles. The first-order valence-electron chi connectivity index (χ1n) is 6.40. The second kappa shape index (κ2) is 9.68. The van der Waals surface area contributed by atoms with E-state index in [-0.39, 0.29) is 18.3 Å². The molecule has 0 spiro atoms. The number of piperidine rings is 1. The van der Waals surface area contributed by atoms with Crippen LogP contribution in [0.25, 0.3) is 0 Å². The van der Waals surface area contributed by atoms with E-state index in [9.17, 15) is 4.79 Å². The molecule has 1 amide bonds. The Morgan fingerprint density at radius 2 is 2.29 bits per heavy atom. The molecule has 0 bridgehead atoms. The number of nitrogens with zero attached hydrogens (tertiary/aromatic N) is 1. The highest BCUT2D eigenvalue weighted by Crippen LogP contribution is 2.11. The first kappa shape index (κ1) is 16.7. The third-order valence-corrected chi connectivity index (χ3v) is 3.10. The van der Waals surface area contributed by atoms with Crippen molar-refractivity contribution in [3.8, 4) is 0 Å². The van der Waals surface area contributed by atoms with E-state index in [2.05, 4.69) is 22.5 Å². The number of rotatable bonds is 6. The van der Waals surface area contributed by atoms with Gasteiger partial charge < -0.3 is 10.6 Å². The average molecular weight is 264 g/mol. The number of carbonyl (C=O) groups excluding carboxylic acids is 1. The van der Waals surface area contributed by atoms with Crippen LogP contribution < -0.4 is 10.6 Å². The van der Waals surface area contributed by atoms with Crippen molar-refractivity contribution >= 4 is 18.3 Å². The molecule has 17 heavy (non-hydrogen) atoms. The van der Waals surface area contributed by atoms with Gasteiger partial charge >= 0.3 is 0 Å². The molecule has 1 unspecified atom stereocenters. The second-order valence-corrected chi connectivity index (χ2v) is 4.62. The molecule has 1 atom stereocenters. The zero-order valence-corrected chi connectivity index (χ0v) is 11.8. The Bertz CT molecular complexity index is 208. The highest BCUT2D eigenvalue weighted by Gasteiger charge is 2.17. The van der Waals surface area contributed by atoms with Gasteiger partial charge in [-0.25, -0.2) is 0 Å². The van der Waals surface area contributed by atoms with Gasteiger partial charge in [0.05, 0.1) is 6.54 Å². The van der Waals surface area contributed by atoms with E-state index in [0.717, 1.165) is 32.6 Å². The number of likely N-dealkylation sites (N-methyl/N-ethyl adjacent to an activating group) is 1. The fourth-order valence-corrected chi connectivity index (χ4v) is 2.28. The Morgan fingerprint density at radius 3 is 2.82 bits per heavy atom. The van der Waals surface area contributed by atoms with Gasteiger partial charge in [-0.05, 0) is 44.8 Å². The molecule has 1 saturated heterocycles. The fraction of sp³-hybridized carbons (Fsp3) is 0.917. The molecule has 0 saturated carbocycles. The van der Waals surface area contributed by atoms with E-state index in [1.165, 1.54) is 12.8 Å². The molecule has 102 valence electrons. The van der Waals surface area contributed by atoms with Crippen LogP contribution in [0.3, 0.4) is 0 Å². The molecule has 1 fully saturated rings. The Labute approximate surface area is 111 Å². The van der Waals surface area contributed by atoms with E-state index in [4.69, 9.17) is 0 Å². The van der Waals surface area contributed by atoms with Gasteiger partial charge in [-0.2, -0.15) is 0 Å². The summed E-state index contributed by atoms with van der Waals surface area (Å²) >= 11 is 0. The van der Waals surface area contributed by atoms with Crippen molar-refractivity contribution in [1.82, 2.24) is 15.5 Å². The van der Waals surface area contributed by atoms with E-state index in [0.29, 0.717) is 12.5 Å². The molecule has 0 aromatic heterocycles. The molecule has 0 aliphatic carbocycles. The van der Waals surface area contributed by atoms with Gasteiger partial charge in [0.2, 0.25) is 5.91 Å². The SMILES string of the molecule is CCCN(CC(=O)NC)CC1CCCNC1.Cl. The van der Waals surface area contributed by atoms with Crippen molar-refractivity contribution in [2.75, 3.05) is 39.8 Å². The zero-order chi connectivity index (χ0) is 11.8. The minimum atomic E-state index is 0. The third kappa shape index (κ3) is 6.86. The number of amides is 1. The Kier molecular flexibility index (Phi) is 9.50. The van der Waals surface area contributed by atoms with Gasteiger partial charge in [0.15, 0.2) is 0 Å².